The molecule has 0 fully saturated rings. The number of benzene rings is 1. The van der Waals surface area contributed by atoms with Gasteiger partial charge in [-0.25, -0.2) is 0 Å². The molecule has 0 spiro atoms. The van der Waals surface area contributed by atoms with Gasteiger partial charge >= 0.3 is 0 Å². The third kappa shape index (κ3) is 2.79. The smallest absolute Gasteiger partial charge is 0.234 e. The fourth-order valence-corrected chi connectivity index (χ4v) is 2.24. The molecule has 90 valence electrons. The summed E-state index contributed by atoms with van der Waals surface area (Å²) in [6.07, 6.45) is 0. The number of nitrogens with one attached hydrogen (secondary N) is 2. The van der Waals surface area contributed by atoms with Crippen molar-refractivity contribution >= 4 is 35.0 Å². The van der Waals surface area contributed by atoms with Gasteiger partial charge in [-0.1, -0.05) is 13.8 Å². The summed E-state index contributed by atoms with van der Waals surface area (Å²) in [7, 11) is 0. The maximum atomic E-state index is 11.5. The van der Waals surface area contributed by atoms with Crippen LogP contribution in [0.1, 0.15) is 13.8 Å². The van der Waals surface area contributed by atoms with E-state index in [2.05, 4.69) is 10.6 Å². The van der Waals surface area contributed by atoms with Crippen LogP contribution in [0.2, 0.25) is 0 Å². The molecule has 17 heavy (non-hydrogen) atoms. The van der Waals surface area contributed by atoms with E-state index in [4.69, 9.17) is 0 Å². The molecule has 1 aliphatic rings. The van der Waals surface area contributed by atoms with Crippen LogP contribution in [0.3, 0.4) is 0 Å². The Kier molecular flexibility index (Phi) is 3.38. The second-order valence-electron chi connectivity index (χ2n) is 4.19. The molecule has 1 aliphatic heterocycles. The van der Waals surface area contributed by atoms with Crippen LogP contribution in [0.5, 0.6) is 0 Å². The minimum absolute atomic E-state index is 0.00478. The zero-order valence-corrected chi connectivity index (χ0v) is 10.6. The summed E-state index contributed by atoms with van der Waals surface area (Å²) < 4.78 is 0. The molecule has 5 heteroatoms. The first-order chi connectivity index (χ1) is 8.06. The summed E-state index contributed by atoms with van der Waals surface area (Å²) >= 11 is 1.51. The van der Waals surface area contributed by atoms with Gasteiger partial charge in [0.25, 0.3) is 0 Å². The van der Waals surface area contributed by atoms with Crippen LogP contribution in [-0.4, -0.2) is 17.6 Å². The van der Waals surface area contributed by atoms with E-state index >= 15 is 0 Å². The zero-order valence-electron chi connectivity index (χ0n) is 9.74. The molecule has 0 atom stereocenters. The first kappa shape index (κ1) is 12.0. The van der Waals surface area contributed by atoms with Gasteiger partial charge < -0.3 is 10.6 Å². The lowest BCUT2D eigenvalue weighted by molar-refractivity contribution is -0.119. The van der Waals surface area contributed by atoms with Crippen LogP contribution in [0.15, 0.2) is 23.1 Å². The zero-order chi connectivity index (χ0) is 12.4. The van der Waals surface area contributed by atoms with Crippen LogP contribution in [0, 0.1) is 5.92 Å². The number of amides is 2. The fourth-order valence-electron chi connectivity index (χ4n) is 1.45. The minimum Gasteiger partial charge on any atom is -0.326 e. The van der Waals surface area contributed by atoms with Crippen LogP contribution in [0.4, 0.5) is 11.4 Å². The summed E-state index contributed by atoms with van der Waals surface area (Å²) in [6.45, 7) is 3.68. The Morgan fingerprint density at radius 3 is 2.94 bits per heavy atom. The predicted molar refractivity (Wildman–Crippen MR) is 69.3 cm³/mol. The van der Waals surface area contributed by atoms with Crippen LogP contribution < -0.4 is 10.6 Å². The van der Waals surface area contributed by atoms with Gasteiger partial charge in [-0.3, -0.25) is 9.59 Å². The summed E-state index contributed by atoms with van der Waals surface area (Å²) in [4.78, 5) is 23.8. The lowest BCUT2D eigenvalue weighted by atomic mass is 10.2. The molecular weight excluding hydrogens is 236 g/mol. The van der Waals surface area contributed by atoms with Gasteiger partial charge in [0, 0.05) is 16.5 Å². The normalized spacial score (nSPS) is 14.2. The van der Waals surface area contributed by atoms with Crippen molar-refractivity contribution in [2.75, 3.05) is 16.4 Å². The first-order valence-electron chi connectivity index (χ1n) is 5.44. The van der Waals surface area contributed by atoms with E-state index in [1.807, 2.05) is 26.0 Å². The predicted octanol–water partition coefficient (Wildman–Crippen LogP) is 2.33. The molecule has 0 aromatic heterocycles. The van der Waals surface area contributed by atoms with E-state index in [1.165, 1.54) is 11.8 Å². The maximum Gasteiger partial charge on any atom is 0.234 e. The average molecular weight is 250 g/mol. The standard InChI is InChI=1S/C12H14N2O2S/c1-7(2)12(16)13-8-3-4-10-9(5-8)14-11(15)6-17-10/h3-5,7H,6H2,1-2H3,(H,13,16)(H,14,15). The topological polar surface area (TPSA) is 58.2 Å². The van der Waals surface area contributed by atoms with E-state index in [0.717, 1.165) is 10.6 Å². The van der Waals surface area contributed by atoms with Crippen molar-refractivity contribution in [3.63, 3.8) is 0 Å². The Labute approximate surface area is 104 Å². The highest BCUT2D eigenvalue weighted by Gasteiger charge is 2.16. The van der Waals surface area contributed by atoms with Crippen molar-refractivity contribution in [2.24, 2.45) is 5.92 Å². The second-order valence-corrected chi connectivity index (χ2v) is 5.21. The average Bonchev–Trinajstić information content (AvgIpc) is 2.28. The molecule has 0 aliphatic carbocycles. The minimum atomic E-state index is -0.0602. The summed E-state index contributed by atoms with van der Waals surface area (Å²) in [6, 6.07) is 5.55. The number of anilines is 2. The summed E-state index contributed by atoms with van der Waals surface area (Å²) in [5, 5.41) is 5.60. The van der Waals surface area contributed by atoms with Gasteiger partial charge in [0.15, 0.2) is 0 Å². The van der Waals surface area contributed by atoms with Crippen molar-refractivity contribution in [2.45, 2.75) is 18.7 Å². The molecule has 1 aromatic carbocycles. The molecule has 2 rings (SSSR count). The van der Waals surface area contributed by atoms with Gasteiger partial charge in [-0.05, 0) is 18.2 Å². The number of fused-ring (bicyclic) bond motifs is 1. The fraction of sp³-hybridized carbons (Fsp3) is 0.333. The third-order valence-corrected chi connectivity index (χ3v) is 3.48. The van der Waals surface area contributed by atoms with Crippen LogP contribution >= 0.6 is 11.8 Å². The Morgan fingerprint density at radius 2 is 2.24 bits per heavy atom. The number of thioether (sulfide) groups is 1. The SMILES string of the molecule is CC(C)C(=O)Nc1ccc2c(c1)NC(=O)CS2. The highest BCUT2D eigenvalue weighted by molar-refractivity contribution is 8.00. The van der Waals surface area contributed by atoms with E-state index in [1.54, 1.807) is 6.07 Å². The molecule has 1 aromatic rings. The van der Waals surface area contributed by atoms with Gasteiger partial charge in [0.05, 0.1) is 11.4 Å². The quantitative estimate of drug-likeness (QED) is 0.847. The highest BCUT2D eigenvalue weighted by Crippen LogP contribution is 2.33. The van der Waals surface area contributed by atoms with Gasteiger partial charge in [0.1, 0.15) is 0 Å². The van der Waals surface area contributed by atoms with E-state index in [9.17, 15) is 9.59 Å². The summed E-state index contributed by atoms with van der Waals surface area (Å²) in [5.41, 5.74) is 1.48. The lowest BCUT2D eigenvalue weighted by Crippen LogP contribution is -2.20. The molecular formula is C12H14N2O2S. The van der Waals surface area contributed by atoms with Gasteiger partial charge in [-0.15, -0.1) is 11.8 Å². The molecule has 2 N–H and O–H groups in total. The van der Waals surface area contributed by atoms with Crippen molar-refractivity contribution < 1.29 is 9.59 Å². The number of hydrogen-bond donors (Lipinski definition) is 2. The Morgan fingerprint density at radius 1 is 1.47 bits per heavy atom. The van der Waals surface area contributed by atoms with E-state index in [0.29, 0.717) is 11.4 Å². The molecule has 4 nitrogen and oxygen atoms in total. The number of rotatable bonds is 2. The highest BCUT2D eigenvalue weighted by atomic mass is 32.2. The van der Waals surface area contributed by atoms with Gasteiger partial charge in [0.2, 0.25) is 11.8 Å². The number of hydrogen-bond acceptors (Lipinski definition) is 3. The van der Waals surface area contributed by atoms with E-state index < -0.39 is 0 Å². The molecule has 0 bridgehead atoms. The Bertz CT molecular complexity index is 472. The molecule has 0 radical (unpaired) electrons. The van der Waals surface area contributed by atoms with Crippen molar-refractivity contribution in [3.8, 4) is 0 Å². The van der Waals surface area contributed by atoms with Crippen LogP contribution in [0.25, 0.3) is 0 Å². The Hall–Kier alpha value is -1.49. The van der Waals surface area contributed by atoms with Crippen LogP contribution in [-0.2, 0) is 9.59 Å². The monoisotopic (exact) mass is 250 g/mol. The van der Waals surface area contributed by atoms with E-state index in [-0.39, 0.29) is 17.7 Å². The van der Waals surface area contributed by atoms with Crippen molar-refractivity contribution in [3.05, 3.63) is 18.2 Å². The molecule has 0 saturated heterocycles. The first-order valence-corrected chi connectivity index (χ1v) is 6.42. The molecule has 2 amide bonds. The second kappa shape index (κ2) is 4.79. The molecule has 0 saturated carbocycles. The maximum absolute atomic E-state index is 11.5. The molecule has 0 unspecified atom stereocenters. The van der Waals surface area contributed by atoms with Gasteiger partial charge in [-0.2, -0.15) is 0 Å². The largest absolute Gasteiger partial charge is 0.326 e. The number of carbonyl (C=O) groups is 2. The van der Waals surface area contributed by atoms with Crippen molar-refractivity contribution in [1.29, 1.82) is 0 Å². The summed E-state index contributed by atoms with van der Waals surface area (Å²) in [5.74, 6) is 0.356. The number of carbonyl (C=O) groups excluding carboxylic acids is 2. The third-order valence-electron chi connectivity index (χ3n) is 2.40. The Balaban J connectivity index is 2.18. The van der Waals surface area contributed by atoms with Crippen molar-refractivity contribution in [1.82, 2.24) is 0 Å². The lowest BCUT2D eigenvalue weighted by Gasteiger charge is -2.17. The molecule has 1 heterocycles.